The van der Waals surface area contributed by atoms with Gasteiger partial charge in [0.05, 0.1) is 12.2 Å². The van der Waals surface area contributed by atoms with Crippen molar-refractivity contribution in [1.29, 1.82) is 0 Å². The molecule has 24 heavy (non-hydrogen) atoms. The number of nitrogens with zero attached hydrogens (tertiary/aromatic N) is 1. The van der Waals surface area contributed by atoms with E-state index in [1.807, 2.05) is 51.1 Å². The van der Waals surface area contributed by atoms with Gasteiger partial charge in [-0.25, -0.2) is 4.79 Å². The lowest BCUT2D eigenvalue weighted by Crippen LogP contribution is -2.48. The molecule has 1 unspecified atom stereocenters. The molecule has 3 rings (SSSR count). The van der Waals surface area contributed by atoms with Crippen LogP contribution in [0.2, 0.25) is 0 Å². The van der Waals surface area contributed by atoms with Gasteiger partial charge in [-0.1, -0.05) is 30.3 Å². The first-order chi connectivity index (χ1) is 11.2. The van der Waals surface area contributed by atoms with E-state index in [2.05, 4.69) is 0 Å². The molecule has 1 aromatic carbocycles. The van der Waals surface area contributed by atoms with Crippen molar-refractivity contribution in [1.82, 2.24) is 4.90 Å². The molecule has 1 aromatic rings. The number of aliphatic hydroxyl groups is 1. The van der Waals surface area contributed by atoms with Crippen LogP contribution in [0.1, 0.15) is 45.6 Å². The van der Waals surface area contributed by atoms with Gasteiger partial charge in [-0.05, 0) is 39.2 Å². The molecule has 2 aliphatic rings. The Kier molecular flexibility index (Phi) is 4.34. The molecule has 5 nitrogen and oxygen atoms in total. The van der Waals surface area contributed by atoms with E-state index >= 15 is 0 Å². The molecule has 2 fully saturated rings. The maximum absolute atomic E-state index is 12.2. The quantitative estimate of drug-likeness (QED) is 0.858. The van der Waals surface area contributed by atoms with Crippen molar-refractivity contribution in [3.05, 3.63) is 35.9 Å². The molecule has 132 valence electrons. The topological polar surface area (TPSA) is 59.0 Å². The van der Waals surface area contributed by atoms with Gasteiger partial charge in [-0.2, -0.15) is 0 Å². The Labute approximate surface area is 143 Å². The Morgan fingerprint density at radius 2 is 1.83 bits per heavy atom. The Bertz CT molecular complexity index is 587. The molecule has 2 heterocycles. The Hall–Kier alpha value is -1.59. The van der Waals surface area contributed by atoms with Crippen LogP contribution in [0.3, 0.4) is 0 Å². The molecule has 2 saturated heterocycles. The van der Waals surface area contributed by atoms with Crippen molar-refractivity contribution in [2.45, 2.75) is 56.8 Å². The van der Waals surface area contributed by atoms with Crippen molar-refractivity contribution in [3.8, 4) is 0 Å². The molecule has 0 bridgehead atoms. The van der Waals surface area contributed by atoms with Crippen LogP contribution in [-0.4, -0.2) is 47.0 Å². The fourth-order valence-electron chi connectivity index (χ4n) is 3.59. The standard InChI is InChI=1S/C19H27NO4/c1-17(2,3)24-16(21)20-11-9-18(10-12-20)13-19(22,14-23-18)15-7-5-4-6-8-15/h4-8,22H,9-14H2,1-3H3. The van der Waals surface area contributed by atoms with E-state index in [9.17, 15) is 9.90 Å². The summed E-state index contributed by atoms with van der Waals surface area (Å²) in [6.07, 6.45) is 1.75. The molecule has 1 spiro atoms. The number of piperidine rings is 1. The Morgan fingerprint density at radius 3 is 2.42 bits per heavy atom. The van der Waals surface area contributed by atoms with Gasteiger partial charge in [0.25, 0.3) is 0 Å². The second-order valence-corrected chi connectivity index (χ2v) is 8.01. The summed E-state index contributed by atoms with van der Waals surface area (Å²) in [5.41, 5.74) is -0.862. The van der Waals surface area contributed by atoms with Gasteiger partial charge in [0.15, 0.2) is 0 Å². The second kappa shape index (κ2) is 6.05. The van der Waals surface area contributed by atoms with Crippen LogP contribution in [0.25, 0.3) is 0 Å². The number of benzene rings is 1. The summed E-state index contributed by atoms with van der Waals surface area (Å²) in [4.78, 5) is 13.9. The van der Waals surface area contributed by atoms with E-state index in [0.29, 0.717) is 26.1 Å². The zero-order valence-electron chi connectivity index (χ0n) is 14.7. The molecule has 1 atom stereocenters. The number of rotatable bonds is 1. The van der Waals surface area contributed by atoms with Crippen LogP contribution in [0.15, 0.2) is 30.3 Å². The van der Waals surface area contributed by atoms with E-state index in [1.54, 1.807) is 4.90 Å². The van der Waals surface area contributed by atoms with Crippen LogP contribution >= 0.6 is 0 Å². The van der Waals surface area contributed by atoms with Crippen LogP contribution in [0, 0.1) is 0 Å². The van der Waals surface area contributed by atoms with Crippen LogP contribution in [0.4, 0.5) is 4.79 Å². The van der Waals surface area contributed by atoms with E-state index in [-0.39, 0.29) is 11.7 Å². The van der Waals surface area contributed by atoms with Gasteiger partial charge < -0.3 is 19.5 Å². The molecule has 1 N–H and O–H groups in total. The predicted octanol–water partition coefficient (Wildman–Crippen LogP) is 3.06. The maximum Gasteiger partial charge on any atom is 0.410 e. The van der Waals surface area contributed by atoms with E-state index in [0.717, 1.165) is 18.4 Å². The van der Waals surface area contributed by atoms with E-state index in [4.69, 9.17) is 9.47 Å². The zero-order chi connectivity index (χ0) is 17.4. The minimum absolute atomic E-state index is 0.270. The van der Waals surface area contributed by atoms with E-state index in [1.165, 1.54) is 0 Å². The lowest BCUT2D eigenvalue weighted by Gasteiger charge is -2.39. The fourth-order valence-corrected chi connectivity index (χ4v) is 3.59. The van der Waals surface area contributed by atoms with Crippen LogP contribution in [-0.2, 0) is 15.1 Å². The molecule has 0 aliphatic carbocycles. The molecule has 0 radical (unpaired) electrons. The summed E-state index contributed by atoms with van der Waals surface area (Å²) in [6.45, 7) is 7.12. The summed E-state index contributed by atoms with van der Waals surface area (Å²) in [5.74, 6) is 0. The smallest absolute Gasteiger partial charge is 0.410 e. The van der Waals surface area contributed by atoms with Gasteiger partial charge in [-0.3, -0.25) is 0 Å². The highest BCUT2D eigenvalue weighted by atomic mass is 16.6. The molecule has 5 heteroatoms. The number of hydrogen-bond acceptors (Lipinski definition) is 4. The van der Waals surface area contributed by atoms with E-state index < -0.39 is 11.2 Å². The van der Waals surface area contributed by atoms with Crippen molar-refractivity contribution in [3.63, 3.8) is 0 Å². The second-order valence-electron chi connectivity index (χ2n) is 8.01. The number of carbonyl (C=O) groups excluding carboxylic acids is 1. The number of likely N-dealkylation sites (tertiary alicyclic amines) is 1. The van der Waals surface area contributed by atoms with Crippen molar-refractivity contribution >= 4 is 6.09 Å². The van der Waals surface area contributed by atoms with Crippen LogP contribution in [0.5, 0.6) is 0 Å². The highest BCUT2D eigenvalue weighted by Crippen LogP contribution is 2.45. The lowest BCUT2D eigenvalue weighted by atomic mass is 9.81. The van der Waals surface area contributed by atoms with Gasteiger partial charge >= 0.3 is 6.09 Å². The normalized spacial score (nSPS) is 26.6. The molecule has 2 aliphatic heterocycles. The highest BCUT2D eigenvalue weighted by Gasteiger charge is 2.51. The third-order valence-corrected chi connectivity index (χ3v) is 4.87. The van der Waals surface area contributed by atoms with Gasteiger partial charge in [-0.15, -0.1) is 0 Å². The first-order valence-corrected chi connectivity index (χ1v) is 8.61. The minimum atomic E-state index is -0.935. The SMILES string of the molecule is CC(C)(C)OC(=O)N1CCC2(CC1)CC(O)(c1ccccc1)CO2. The first-order valence-electron chi connectivity index (χ1n) is 8.61. The first kappa shape index (κ1) is 17.2. The summed E-state index contributed by atoms with van der Waals surface area (Å²) in [7, 11) is 0. The number of carbonyl (C=O) groups is 1. The van der Waals surface area contributed by atoms with Crippen molar-refractivity contribution in [2.24, 2.45) is 0 Å². The molecular weight excluding hydrogens is 306 g/mol. The molecule has 1 amide bonds. The van der Waals surface area contributed by atoms with Gasteiger partial charge in [0, 0.05) is 19.5 Å². The average molecular weight is 333 g/mol. The molecular formula is C19H27NO4. The summed E-state index contributed by atoms with van der Waals surface area (Å²) in [5, 5.41) is 11.0. The number of amides is 1. The summed E-state index contributed by atoms with van der Waals surface area (Å²) < 4.78 is 11.5. The average Bonchev–Trinajstić information content (AvgIpc) is 2.85. The monoisotopic (exact) mass is 333 g/mol. The maximum atomic E-state index is 12.2. The largest absolute Gasteiger partial charge is 0.444 e. The van der Waals surface area contributed by atoms with Crippen molar-refractivity contribution in [2.75, 3.05) is 19.7 Å². The molecule has 0 aromatic heterocycles. The third kappa shape index (κ3) is 3.57. The highest BCUT2D eigenvalue weighted by molar-refractivity contribution is 5.68. The molecule has 0 saturated carbocycles. The predicted molar refractivity (Wildman–Crippen MR) is 90.7 cm³/mol. The van der Waals surface area contributed by atoms with Crippen LogP contribution < -0.4 is 0 Å². The number of ether oxygens (including phenoxy) is 2. The summed E-state index contributed by atoms with van der Waals surface area (Å²) >= 11 is 0. The third-order valence-electron chi connectivity index (χ3n) is 4.87. The Balaban J connectivity index is 1.62. The lowest BCUT2D eigenvalue weighted by molar-refractivity contribution is -0.0513. The van der Waals surface area contributed by atoms with Crippen molar-refractivity contribution < 1.29 is 19.4 Å². The summed E-state index contributed by atoms with van der Waals surface area (Å²) in [6, 6.07) is 9.70. The zero-order valence-corrected chi connectivity index (χ0v) is 14.7. The Morgan fingerprint density at radius 1 is 1.21 bits per heavy atom. The van der Waals surface area contributed by atoms with Gasteiger partial charge in [0.2, 0.25) is 0 Å². The van der Waals surface area contributed by atoms with Gasteiger partial charge in [0.1, 0.15) is 11.2 Å². The fraction of sp³-hybridized carbons (Fsp3) is 0.632. The number of hydrogen-bond donors (Lipinski definition) is 1. The minimum Gasteiger partial charge on any atom is -0.444 e.